The summed E-state index contributed by atoms with van der Waals surface area (Å²) in [6.45, 7) is 5.24. The molecule has 2 aromatic rings. The van der Waals surface area contributed by atoms with Crippen LogP contribution in [0.15, 0.2) is 28.9 Å². The van der Waals surface area contributed by atoms with Crippen LogP contribution in [0.25, 0.3) is 0 Å². The number of piperidine rings is 1. The zero-order valence-corrected chi connectivity index (χ0v) is 15.8. The molecule has 2 aliphatic rings. The molecule has 4 heterocycles. The van der Waals surface area contributed by atoms with Crippen molar-refractivity contribution in [3.8, 4) is 0 Å². The number of nitrogens with zero attached hydrogens (tertiary/aromatic N) is 4. The predicted octanol–water partition coefficient (Wildman–Crippen LogP) is 2.58. The van der Waals surface area contributed by atoms with E-state index in [0.717, 1.165) is 75.9 Å². The van der Waals surface area contributed by atoms with Crippen molar-refractivity contribution in [3.63, 3.8) is 0 Å². The third-order valence-corrected chi connectivity index (χ3v) is 5.38. The number of pyridine rings is 1. The summed E-state index contributed by atoms with van der Waals surface area (Å²) in [6, 6.07) is 6.09. The molecule has 0 N–H and O–H groups in total. The molecule has 2 saturated heterocycles. The normalized spacial score (nSPS) is 20.1. The van der Waals surface area contributed by atoms with Crippen LogP contribution in [0.1, 0.15) is 49.0 Å². The fourth-order valence-corrected chi connectivity index (χ4v) is 3.75. The van der Waals surface area contributed by atoms with Crippen LogP contribution in [-0.4, -0.2) is 59.0 Å². The van der Waals surface area contributed by atoms with Gasteiger partial charge in [-0.15, -0.1) is 0 Å². The van der Waals surface area contributed by atoms with Gasteiger partial charge in [0, 0.05) is 51.4 Å². The van der Waals surface area contributed by atoms with Crippen LogP contribution in [-0.2, 0) is 22.4 Å². The standard InChI is InChI=1S/C20H28N4O3/c1-2-9-21-17(3-1)15-24-10-4-18(5-11-24)26-14-8-19-22-20(27-23-19)16-6-12-25-13-7-16/h1-3,9,16,18H,4-8,10-15H2. The van der Waals surface area contributed by atoms with Gasteiger partial charge in [-0.1, -0.05) is 11.2 Å². The quantitative estimate of drug-likeness (QED) is 0.739. The van der Waals surface area contributed by atoms with E-state index >= 15 is 0 Å². The SMILES string of the molecule is c1ccc(CN2CCC(OCCc3noc(C4CCOCC4)n3)CC2)nc1. The summed E-state index contributed by atoms with van der Waals surface area (Å²) in [6.07, 6.45) is 6.95. The van der Waals surface area contributed by atoms with E-state index in [-0.39, 0.29) is 0 Å². The second kappa shape index (κ2) is 9.39. The summed E-state index contributed by atoms with van der Waals surface area (Å²) in [5.74, 6) is 1.87. The minimum Gasteiger partial charge on any atom is -0.381 e. The maximum Gasteiger partial charge on any atom is 0.229 e. The average Bonchev–Trinajstić information content (AvgIpc) is 3.20. The van der Waals surface area contributed by atoms with Crippen molar-refractivity contribution in [1.29, 1.82) is 0 Å². The van der Waals surface area contributed by atoms with Gasteiger partial charge >= 0.3 is 0 Å². The lowest BCUT2D eigenvalue weighted by Crippen LogP contribution is -2.37. The highest BCUT2D eigenvalue weighted by atomic mass is 16.5. The van der Waals surface area contributed by atoms with E-state index in [2.05, 4.69) is 26.1 Å². The molecular formula is C20H28N4O3. The molecule has 0 aromatic carbocycles. The van der Waals surface area contributed by atoms with Gasteiger partial charge in [0.15, 0.2) is 5.82 Å². The van der Waals surface area contributed by atoms with Crippen LogP contribution in [0, 0.1) is 0 Å². The molecule has 0 unspecified atom stereocenters. The second-order valence-electron chi connectivity index (χ2n) is 7.35. The van der Waals surface area contributed by atoms with Gasteiger partial charge < -0.3 is 14.0 Å². The minimum atomic E-state index is 0.326. The summed E-state index contributed by atoms with van der Waals surface area (Å²) in [5, 5.41) is 4.11. The van der Waals surface area contributed by atoms with Gasteiger partial charge in [-0.2, -0.15) is 4.98 Å². The molecule has 4 rings (SSSR count). The van der Waals surface area contributed by atoms with E-state index in [1.54, 1.807) is 0 Å². The summed E-state index contributed by atoms with van der Waals surface area (Å²) in [5.41, 5.74) is 1.13. The molecule has 0 radical (unpaired) electrons. The number of aromatic nitrogens is 3. The monoisotopic (exact) mass is 372 g/mol. The molecular weight excluding hydrogens is 344 g/mol. The Balaban J connectivity index is 1.15. The smallest absolute Gasteiger partial charge is 0.229 e. The molecule has 2 aliphatic heterocycles. The highest BCUT2D eigenvalue weighted by molar-refractivity contribution is 5.03. The predicted molar refractivity (Wildman–Crippen MR) is 99.3 cm³/mol. The molecule has 7 heteroatoms. The molecule has 2 fully saturated rings. The lowest BCUT2D eigenvalue weighted by Gasteiger charge is -2.31. The summed E-state index contributed by atoms with van der Waals surface area (Å²) in [4.78, 5) is 11.4. The van der Waals surface area contributed by atoms with E-state index in [4.69, 9.17) is 14.0 Å². The molecule has 0 atom stereocenters. The number of rotatable bonds is 7. The fourth-order valence-electron chi connectivity index (χ4n) is 3.75. The van der Waals surface area contributed by atoms with Gasteiger partial charge in [-0.3, -0.25) is 9.88 Å². The largest absolute Gasteiger partial charge is 0.381 e. The fraction of sp³-hybridized carbons (Fsp3) is 0.650. The van der Waals surface area contributed by atoms with E-state index in [1.807, 2.05) is 18.3 Å². The van der Waals surface area contributed by atoms with Gasteiger partial charge in [0.05, 0.1) is 18.4 Å². The Morgan fingerprint density at radius 2 is 1.96 bits per heavy atom. The van der Waals surface area contributed by atoms with Crippen LogP contribution >= 0.6 is 0 Å². The maximum absolute atomic E-state index is 6.06. The van der Waals surface area contributed by atoms with Crippen LogP contribution < -0.4 is 0 Å². The third kappa shape index (κ3) is 5.34. The Kier molecular flexibility index (Phi) is 6.45. The number of likely N-dealkylation sites (tertiary alicyclic amines) is 1. The van der Waals surface area contributed by atoms with E-state index < -0.39 is 0 Å². The van der Waals surface area contributed by atoms with Crippen LogP contribution in [0.4, 0.5) is 0 Å². The van der Waals surface area contributed by atoms with Gasteiger partial charge in [-0.25, -0.2) is 0 Å². The van der Waals surface area contributed by atoms with Crippen LogP contribution in [0.2, 0.25) is 0 Å². The Labute approximate surface area is 160 Å². The van der Waals surface area contributed by atoms with Gasteiger partial charge in [0.1, 0.15) is 0 Å². The molecule has 27 heavy (non-hydrogen) atoms. The molecule has 0 spiro atoms. The zero-order valence-electron chi connectivity index (χ0n) is 15.8. The van der Waals surface area contributed by atoms with Crippen molar-refractivity contribution in [3.05, 3.63) is 41.8 Å². The topological polar surface area (TPSA) is 73.5 Å². The van der Waals surface area contributed by atoms with Gasteiger partial charge in [0.25, 0.3) is 0 Å². The molecule has 0 amide bonds. The van der Waals surface area contributed by atoms with E-state index in [0.29, 0.717) is 25.0 Å². The molecule has 0 saturated carbocycles. The van der Waals surface area contributed by atoms with Crippen molar-refractivity contribution < 1.29 is 14.0 Å². The number of hydrogen-bond acceptors (Lipinski definition) is 7. The maximum atomic E-state index is 6.06. The first-order valence-corrected chi connectivity index (χ1v) is 10.0. The number of hydrogen-bond donors (Lipinski definition) is 0. The van der Waals surface area contributed by atoms with Crippen molar-refractivity contribution in [1.82, 2.24) is 20.0 Å². The van der Waals surface area contributed by atoms with Gasteiger partial charge in [-0.05, 0) is 37.8 Å². The summed E-state index contributed by atoms with van der Waals surface area (Å²) in [7, 11) is 0. The minimum absolute atomic E-state index is 0.326. The summed E-state index contributed by atoms with van der Waals surface area (Å²) < 4.78 is 16.9. The summed E-state index contributed by atoms with van der Waals surface area (Å²) >= 11 is 0. The molecule has 0 aliphatic carbocycles. The van der Waals surface area contributed by atoms with Crippen LogP contribution in [0.5, 0.6) is 0 Å². The lowest BCUT2D eigenvalue weighted by atomic mass is 10.0. The highest BCUT2D eigenvalue weighted by Gasteiger charge is 2.23. The second-order valence-corrected chi connectivity index (χ2v) is 7.35. The van der Waals surface area contributed by atoms with Gasteiger partial charge in [0.2, 0.25) is 5.89 Å². The van der Waals surface area contributed by atoms with E-state index in [9.17, 15) is 0 Å². The van der Waals surface area contributed by atoms with E-state index in [1.165, 1.54) is 0 Å². The zero-order chi connectivity index (χ0) is 18.3. The lowest BCUT2D eigenvalue weighted by molar-refractivity contribution is 0.00653. The van der Waals surface area contributed by atoms with Crippen molar-refractivity contribution in [2.24, 2.45) is 0 Å². The first kappa shape index (κ1) is 18.5. The Hall–Kier alpha value is -1.83. The highest BCUT2D eigenvalue weighted by Crippen LogP contribution is 2.25. The molecule has 0 bridgehead atoms. The Bertz CT molecular complexity index is 680. The van der Waals surface area contributed by atoms with Crippen molar-refractivity contribution in [2.45, 2.75) is 50.7 Å². The Morgan fingerprint density at radius 1 is 1.11 bits per heavy atom. The first-order valence-electron chi connectivity index (χ1n) is 10.0. The first-order chi connectivity index (χ1) is 13.4. The average molecular weight is 372 g/mol. The van der Waals surface area contributed by atoms with Crippen molar-refractivity contribution >= 4 is 0 Å². The van der Waals surface area contributed by atoms with Crippen molar-refractivity contribution in [2.75, 3.05) is 32.9 Å². The molecule has 2 aromatic heterocycles. The molecule has 146 valence electrons. The number of ether oxygens (including phenoxy) is 2. The third-order valence-electron chi connectivity index (χ3n) is 5.38. The van der Waals surface area contributed by atoms with Crippen LogP contribution in [0.3, 0.4) is 0 Å². The molecule has 7 nitrogen and oxygen atoms in total. The Morgan fingerprint density at radius 3 is 2.74 bits per heavy atom.